The summed E-state index contributed by atoms with van der Waals surface area (Å²) in [5, 5.41) is 5.47. The van der Waals surface area contributed by atoms with Gasteiger partial charge in [-0.25, -0.2) is 0 Å². The summed E-state index contributed by atoms with van der Waals surface area (Å²) in [7, 11) is 0. The molecule has 1 amide bonds. The predicted molar refractivity (Wildman–Crippen MR) is 73.7 cm³/mol. The lowest BCUT2D eigenvalue weighted by Crippen LogP contribution is -2.43. The summed E-state index contributed by atoms with van der Waals surface area (Å²) in [6.07, 6.45) is 1.03. The van der Waals surface area contributed by atoms with E-state index >= 15 is 0 Å². The van der Waals surface area contributed by atoms with Gasteiger partial charge in [0.2, 0.25) is 5.91 Å². The largest absolute Gasteiger partial charge is 0.335 e. The number of nitrogens with one attached hydrogen (secondary N) is 1. The molecule has 1 aromatic rings. The van der Waals surface area contributed by atoms with Crippen LogP contribution in [0.4, 0.5) is 0 Å². The van der Waals surface area contributed by atoms with Crippen molar-refractivity contribution >= 4 is 17.2 Å². The molecule has 2 aliphatic heterocycles. The molecule has 0 radical (unpaired) electrons. The predicted octanol–water partition coefficient (Wildman–Crippen LogP) is 2.05. The highest BCUT2D eigenvalue weighted by Gasteiger charge is 2.36. The number of hydrogen-bond donors (Lipinski definition) is 1. The molecule has 4 heteroatoms. The Morgan fingerprint density at radius 2 is 2.28 bits per heavy atom. The van der Waals surface area contributed by atoms with E-state index in [0.717, 1.165) is 26.1 Å². The number of thiophene rings is 1. The molecule has 1 saturated heterocycles. The fourth-order valence-electron chi connectivity index (χ4n) is 3.16. The lowest BCUT2D eigenvalue weighted by atomic mass is 9.93. The molecule has 3 rings (SSSR count). The summed E-state index contributed by atoms with van der Waals surface area (Å²) >= 11 is 1.83. The van der Waals surface area contributed by atoms with Crippen molar-refractivity contribution in [1.29, 1.82) is 0 Å². The second kappa shape index (κ2) is 4.67. The van der Waals surface area contributed by atoms with Crippen LogP contribution in [0.5, 0.6) is 0 Å². The molecule has 0 spiro atoms. The second-order valence-electron chi connectivity index (χ2n) is 5.50. The van der Waals surface area contributed by atoms with Gasteiger partial charge in [-0.2, -0.15) is 0 Å². The second-order valence-corrected chi connectivity index (χ2v) is 6.50. The van der Waals surface area contributed by atoms with Crippen molar-refractivity contribution in [3.63, 3.8) is 0 Å². The normalized spacial score (nSPS) is 31.4. The third-order valence-electron chi connectivity index (χ3n) is 4.39. The number of fused-ring (bicyclic) bond motifs is 1. The lowest BCUT2D eigenvalue weighted by Gasteiger charge is -2.36. The summed E-state index contributed by atoms with van der Waals surface area (Å²) < 4.78 is 0. The van der Waals surface area contributed by atoms with E-state index in [1.165, 1.54) is 10.4 Å². The molecule has 1 N–H and O–H groups in total. The van der Waals surface area contributed by atoms with Crippen molar-refractivity contribution in [2.75, 3.05) is 19.6 Å². The average Bonchev–Trinajstić information content (AvgIpc) is 2.97. The summed E-state index contributed by atoms with van der Waals surface area (Å²) in [4.78, 5) is 16.2. The summed E-state index contributed by atoms with van der Waals surface area (Å²) in [6, 6.07) is 2.43. The van der Waals surface area contributed by atoms with E-state index in [2.05, 4.69) is 35.5 Å². The Kier molecular flexibility index (Phi) is 3.16. The van der Waals surface area contributed by atoms with Crippen LogP contribution < -0.4 is 5.32 Å². The number of carbonyl (C=O) groups excluding carboxylic acids is 1. The summed E-state index contributed by atoms with van der Waals surface area (Å²) in [6.45, 7) is 7.04. The zero-order valence-electron chi connectivity index (χ0n) is 11.0. The highest BCUT2D eigenvalue weighted by molar-refractivity contribution is 7.10. The zero-order chi connectivity index (χ0) is 12.7. The Labute approximate surface area is 112 Å². The fraction of sp³-hybridized carbons (Fsp3) is 0.643. The van der Waals surface area contributed by atoms with Crippen molar-refractivity contribution in [2.45, 2.75) is 26.3 Å². The molecular weight excluding hydrogens is 244 g/mol. The monoisotopic (exact) mass is 264 g/mol. The van der Waals surface area contributed by atoms with Gasteiger partial charge in [0.05, 0.1) is 12.0 Å². The Morgan fingerprint density at radius 3 is 3.00 bits per heavy atom. The van der Waals surface area contributed by atoms with Crippen molar-refractivity contribution in [3.05, 3.63) is 21.9 Å². The van der Waals surface area contributed by atoms with Crippen LogP contribution in [0, 0.1) is 11.8 Å². The summed E-state index contributed by atoms with van der Waals surface area (Å²) in [5.41, 5.74) is 1.36. The van der Waals surface area contributed by atoms with E-state index in [1.54, 1.807) is 0 Å². The smallest absolute Gasteiger partial charge is 0.227 e. The summed E-state index contributed by atoms with van der Waals surface area (Å²) in [5.74, 6) is 0.984. The van der Waals surface area contributed by atoms with Gasteiger partial charge in [-0.15, -0.1) is 11.3 Å². The third-order valence-corrected chi connectivity index (χ3v) is 5.39. The van der Waals surface area contributed by atoms with E-state index < -0.39 is 0 Å². The van der Waals surface area contributed by atoms with Crippen molar-refractivity contribution < 1.29 is 4.79 Å². The van der Waals surface area contributed by atoms with Crippen LogP contribution in [0.25, 0.3) is 0 Å². The molecule has 3 nitrogen and oxygen atoms in total. The fourth-order valence-corrected chi connectivity index (χ4v) is 4.13. The molecule has 3 heterocycles. The van der Waals surface area contributed by atoms with Gasteiger partial charge in [-0.1, -0.05) is 6.92 Å². The Bertz CT molecular complexity index is 456. The molecule has 0 bridgehead atoms. The van der Waals surface area contributed by atoms with Gasteiger partial charge in [0.25, 0.3) is 0 Å². The highest BCUT2D eigenvalue weighted by Crippen LogP contribution is 2.34. The molecule has 1 aromatic heterocycles. The van der Waals surface area contributed by atoms with Crippen LogP contribution in [-0.4, -0.2) is 30.4 Å². The first kappa shape index (κ1) is 12.2. The van der Waals surface area contributed by atoms with Gasteiger partial charge in [-0.3, -0.25) is 4.79 Å². The average molecular weight is 264 g/mol. The van der Waals surface area contributed by atoms with E-state index in [4.69, 9.17) is 0 Å². The minimum absolute atomic E-state index is 0.174. The molecule has 0 aliphatic carbocycles. The maximum absolute atomic E-state index is 12.6. The van der Waals surface area contributed by atoms with Crippen molar-refractivity contribution in [1.82, 2.24) is 10.2 Å². The minimum Gasteiger partial charge on any atom is -0.335 e. The molecule has 3 unspecified atom stereocenters. The first-order chi connectivity index (χ1) is 8.68. The highest BCUT2D eigenvalue weighted by atomic mass is 32.1. The molecule has 2 aliphatic rings. The van der Waals surface area contributed by atoms with Crippen LogP contribution in [-0.2, 0) is 11.2 Å². The molecular formula is C14H20N2OS. The Hall–Kier alpha value is -0.870. The maximum Gasteiger partial charge on any atom is 0.227 e. The molecule has 98 valence electrons. The molecule has 1 fully saturated rings. The van der Waals surface area contributed by atoms with Gasteiger partial charge in [-0.05, 0) is 42.8 Å². The van der Waals surface area contributed by atoms with Crippen LogP contribution in [0.2, 0.25) is 0 Å². The minimum atomic E-state index is 0.174. The van der Waals surface area contributed by atoms with Gasteiger partial charge in [0.15, 0.2) is 0 Å². The molecule has 0 saturated carbocycles. The van der Waals surface area contributed by atoms with E-state index in [0.29, 0.717) is 11.8 Å². The van der Waals surface area contributed by atoms with Crippen LogP contribution in [0.3, 0.4) is 0 Å². The number of carbonyl (C=O) groups is 1. The van der Waals surface area contributed by atoms with Crippen molar-refractivity contribution in [2.24, 2.45) is 11.8 Å². The molecule has 0 aromatic carbocycles. The quantitative estimate of drug-likeness (QED) is 0.842. The topological polar surface area (TPSA) is 32.3 Å². The molecule has 18 heavy (non-hydrogen) atoms. The number of hydrogen-bond acceptors (Lipinski definition) is 3. The maximum atomic E-state index is 12.6. The third kappa shape index (κ3) is 1.88. The van der Waals surface area contributed by atoms with Gasteiger partial charge in [0.1, 0.15) is 0 Å². The van der Waals surface area contributed by atoms with Crippen LogP contribution in [0.1, 0.15) is 30.3 Å². The van der Waals surface area contributed by atoms with E-state index in [1.807, 2.05) is 11.3 Å². The number of nitrogens with zero attached hydrogens (tertiary/aromatic N) is 1. The lowest BCUT2D eigenvalue weighted by molar-refractivity contribution is -0.138. The Morgan fingerprint density at radius 1 is 1.44 bits per heavy atom. The number of rotatable bonds is 1. The van der Waals surface area contributed by atoms with Gasteiger partial charge < -0.3 is 10.2 Å². The van der Waals surface area contributed by atoms with Gasteiger partial charge in [0, 0.05) is 18.0 Å². The van der Waals surface area contributed by atoms with E-state index in [9.17, 15) is 4.79 Å². The van der Waals surface area contributed by atoms with Gasteiger partial charge >= 0.3 is 0 Å². The standard InChI is InChI=1S/C14H20N2OS/c1-9-7-15-8-12(9)14(17)16-5-3-13-11(10(16)2)4-6-18-13/h4,6,9-10,12,15H,3,5,7-8H2,1-2H3. The molecule has 3 atom stereocenters. The number of amides is 1. The first-order valence-corrected chi connectivity index (χ1v) is 7.64. The van der Waals surface area contributed by atoms with Crippen LogP contribution in [0.15, 0.2) is 11.4 Å². The first-order valence-electron chi connectivity index (χ1n) is 6.76. The SMILES string of the molecule is CC1CNCC1C(=O)N1CCc2sccc2C1C. The van der Waals surface area contributed by atoms with E-state index in [-0.39, 0.29) is 12.0 Å². The Balaban J connectivity index is 1.80. The van der Waals surface area contributed by atoms with Crippen molar-refractivity contribution in [3.8, 4) is 0 Å². The van der Waals surface area contributed by atoms with Crippen LogP contribution >= 0.6 is 11.3 Å². The zero-order valence-corrected chi connectivity index (χ0v) is 11.8.